The summed E-state index contributed by atoms with van der Waals surface area (Å²) in [6.45, 7) is 6.74. The molecule has 0 atom stereocenters. The van der Waals surface area contributed by atoms with Crippen molar-refractivity contribution in [3.05, 3.63) is 52.4 Å². The van der Waals surface area contributed by atoms with Crippen LogP contribution in [0.15, 0.2) is 41.2 Å². The fraction of sp³-hybridized carbons (Fsp3) is 0.348. The molecule has 3 rings (SSSR count). The average Bonchev–Trinajstić information content (AvgIpc) is 3.07. The summed E-state index contributed by atoms with van der Waals surface area (Å²) in [5, 5.41) is 5.36. The molecule has 0 unspecified atom stereocenters. The first-order chi connectivity index (χ1) is 15.9. The monoisotopic (exact) mass is 453 g/mol. The molecule has 0 saturated carbocycles. The van der Waals surface area contributed by atoms with Gasteiger partial charge in [0.1, 0.15) is 5.82 Å². The van der Waals surface area contributed by atoms with Gasteiger partial charge in [0.05, 0.1) is 17.7 Å². The zero-order chi connectivity index (χ0) is 24.0. The molecule has 0 aliphatic carbocycles. The van der Waals surface area contributed by atoms with E-state index in [-0.39, 0.29) is 37.0 Å². The summed E-state index contributed by atoms with van der Waals surface area (Å²) in [6.07, 6.45) is -0.0669. The molecule has 2 aromatic heterocycles. The number of fused-ring (bicyclic) bond motifs is 1. The van der Waals surface area contributed by atoms with E-state index in [9.17, 15) is 19.2 Å². The van der Waals surface area contributed by atoms with Crippen LogP contribution in [0.2, 0.25) is 0 Å². The Kier molecular flexibility index (Phi) is 7.60. The normalized spacial score (nSPS) is 10.8. The van der Waals surface area contributed by atoms with Gasteiger partial charge in [-0.3, -0.25) is 18.7 Å². The summed E-state index contributed by atoms with van der Waals surface area (Å²) < 4.78 is 8.09. The number of benzene rings is 1. The van der Waals surface area contributed by atoms with Gasteiger partial charge in [0, 0.05) is 31.6 Å². The van der Waals surface area contributed by atoms with Crippen molar-refractivity contribution in [3.63, 3.8) is 0 Å². The summed E-state index contributed by atoms with van der Waals surface area (Å²) in [4.78, 5) is 53.0. The molecule has 33 heavy (non-hydrogen) atoms. The van der Waals surface area contributed by atoms with Crippen molar-refractivity contribution >= 4 is 40.5 Å². The number of carbonyl (C=O) groups is 3. The van der Waals surface area contributed by atoms with E-state index in [1.165, 1.54) is 0 Å². The van der Waals surface area contributed by atoms with Crippen molar-refractivity contribution in [2.75, 3.05) is 17.2 Å². The van der Waals surface area contributed by atoms with Gasteiger partial charge in [0.25, 0.3) is 0 Å². The van der Waals surface area contributed by atoms with Crippen molar-refractivity contribution in [2.24, 2.45) is 0 Å². The molecule has 174 valence electrons. The topological polar surface area (TPSA) is 124 Å². The molecular formula is C23H27N5O5. The van der Waals surface area contributed by atoms with Crippen molar-refractivity contribution < 1.29 is 19.1 Å². The molecule has 0 bridgehead atoms. The van der Waals surface area contributed by atoms with Crippen molar-refractivity contribution in [2.45, 2.75) is 46.7 Å². The second-order valence-electron chi connectivity index (χ2n) is 7.20. The maximum absolute atomic E-state index is 12.4. The van der Waals surface area contributed by atoms with Crippen LogP contribution in [0.4, 0.5) is 11.5 Å². The summed E-state index contributed by atoms with van der Waals surface area (Å²) in [5.41, 5.74) is 1.97. The molecule has 2 N–H and O–H groups in total. The zero-order valence-corrected chi connectivity index (χ0v) is 18.9. The molecule has 3 aromatic rings. The van der Waals surface area contributed by atoms with E-state index in [1.807, 2.05) is 13.8 Å². The van der Waals surface area contributed by atoms with Gasteiger partial charge in [-0.2, -0.15) is 0 Å². The lowest BCUT2D eigenvalue weighted by molar-refractivity contribution is -0.121. The van der Waals surface area contributed by atoms with Crippen LogP contribution in [0.1, 0.15) is 44.0 Å². The van der Waals surface area contributed by atoms with Crippen LogP contribution in [0.5, 0.6) is 0 Å². The highest BCUT2D eigenvalue weighted by Gasteiger charge is 2.14. The van der Waals surface area contributed by atoms with Gasteiger partial charge in [-0.25, -0.2) is 14.6 Å². The van der Waals surface area contributed by atoms with Crippen LogP contribution in [-0.2, 0) is 27.4 Å². The fourth-order valence-corrected chi connectivity index (χ4v) is 3.41. The molecule has 10 nitrogen and oxygen atoms in total. The molecule has 0 saturated heterocycles. The largest absolute Gasteiger partial charge is 0.462 e. The summed E-state index contributed by atoms with van der Waals surface area (Å²) in [5.74, 6) is -0.814. The van der Waals surface area contributed by atoms with Gasteiger partial charge < -0.3 is 15.4 Å². The third-order valence-electron chi connectivity index (χ3n) is 5.02. The lowest BCUT2D eigenvalue weighted by Gasteiger charge is -2.08. The predicted molar refractivity (Wildman–Crippen MR) is 124 cm³/mol. The standard InChI is InChI=1S/C23H27N5O5/c1-4-27-17-11-12-18(26-21(17)28(5-2)23(27)32)25-20(30)14-13-19(29)24-16-9-7-15(8-10-16)22(31)33-6-3/h7-12H,4-6,13-14H2,1-3H3,(H,24,29)(H,25,26,30). The summed E-state index contributed by atoms with van der Waals surface area (Å²) in [6, 6.07) is 9.70. The van der Waals surface area contributed by atoms with E-state index >= 15 is 0 Å². The molecular weight excluding hydrogens is 426 g/mol. The van der Waals surface area contributed by atoms with Crippen LogP contribution in [0, 0.1) is 0 Å². The van der Waals surface area contributed by atoms with Crippen LogP contribution >= 0.6 is 0 Å². The Morgan fingerprint density at radius 2 is 1.52 bits per heavy atom. The molecule has 0 aliphatic rings. The summed E-state index contributed by atoms with van der Waals surface area (Å²) >= 11 is 0. The number of aromatic nitrogens is 3. The Morgan fingerprint density at radius 1 is 0.879 bits per heavy atom. The fourth-order valence-electron chi connectivity index (χ4n) is 3.41. The van der Waals surface area contributed by atoms with Crippen molar-refractivity contribution in [3.8, 4) is 0 Å². The molecule has 0 radical (unpaired) electrons. The number of imidazole rings is 1. The van der Waals surface area contributed by atoms with Gasteiger partial charge in [-0.15, -0.1) is 0 Å². The quantitative estimate of drug-likeness (QED) is 0.480. The van der Waals surface area contributed by atoms with E-state index in [2.05, 4.69) is 15.6 Å². The van der Waals surface area contributed by atoms with E-state index in [0.29, 0.717) is 41.3 Å². The number of anilines is 2. The van der Waals surface area contributed by atoms with E-state index in [4.69, 9.17) is 4.74 Å². The second kappa shape index (κ2) is 10.6. The minimum atomic E-state index is -0.430. The van der Waals surface area contributed by atoms with Gasteiger partial charge in [-0.05, 0) is 57.2 Å². The Hall–Kier alpha value is -3.95. The predicted octanol–water partition coefficient (Wildman–Crippen LogP) is 2.77. The van der Waals surface area contributed by atoms with E-state index < -0.39 is 5.97 Å². The summed E-state index contributed by atoms with van der Waals surface area (Å²) in [7, 11) is 0. The number of ether oxygens (including phenoxy) is 1. The molecule has 0 fully saturated rings. The first-order valence-electron chi connectivity index (χ1n) is 10.8. The maximum Gasteiger partial charge on any atom is 0.338 e. The number of nitrogens with zero attached hydrogens (tertiary/aromatic N) is 3. The Morgan fingerprint density at radius 3 is 2.12 bits per heavy atom. The lowest BCUT2D eigenvalue weighted by Crippen LogP contribution is -2.23. The Bertz CT molecular complexity index is 1230. The first-order valence-corrected chi connectivity index (χ1v) is 10.8. The zero-order valence-electron chi connectivity index (χ0n) is 18.9. The number of rotatable bonds is 9. The molecule has 0 spiro atoms. The molecule has 10 heteroatoms. The Labute approximate surface area is 190 Å². The highest BCUT2D eigenvalue weighted by atomic mass is 16.5. The molecule has 2 amide bonds. The number of hydrogen-bond acceptors (Lipinski definition) is 6. The molecule has 2 heterocycles. The smallest absolute Gasteiger partial charge is 0.338 e. The molecule has 1 aromatic carbocycles. The number of carbonyl (C=O) groups excluding carboxylic acids is 3. The number of amides is 2. The highest BCUT2D eigenvalue weighted by Crippen LogP contribution is 2.16. The lowest BCUT2D eigenvalue weighted by atomic mass is 10.2. The Balaban J connectivity index is 1.57. The number of hydrogen-bond donors (Lipinski definition) is 2. The number of nitrogens with one attached hydrogen (secondary N) is 2. The average molecular weight is 453 g/mol. The third kappa shape index (κ3) is 5.46. The number of esters is 1. The number of aryl methyl sites for hydroxylation is 2. The molecule has 0 aliphatic heterocycles. The van der Waals surface area contributed by atoms with Crippen molar-refractivity contribution in [1.29, 1.82) is 0 Å². The van der Waals surface area contributed by atoms with E-state index in [0.717, 1.165) is 0 Å². The SMILES string of the molecule is CCOC(=O)c1ccc(NC(=O)CCC(=O)Nc2ccc3c(n2)n(CC)c(=O)n3CC)cc1. The van der Waals surface area contributed by atoms with Gasteiger partial charge in [-0.1, -0.05) is 0 Å². The minimum absolute atomic E-state index is 0.0282. The van der Waals surface area contributed by atoms with Crippen LogP contribution < -0.4 is 16.3 Å². The van der Waals surface area contributed by atoms with Gasteiger partial charge >= 0.3 is 11.7 Å². The maximum atomic E-state index is 12.4. The second-order valence-corrected chi connectivity index (χ2v) is 7.20. The van der Waals surface area contributed by atoms with Crippen LogP contribution in [-0.4, -0.2) is 38.5 Å². The van der Waals surface area contributed by atoms with Crippen LogP contribution in [0.25, 0.3) is 11.2 Å². The highest BCUT2D eigenvalue weighted by molar-refractivity contribution is 5.97. The first kappa shape index (κ1) is 23.7. The van der Waals surface area contributed by atoms with Crippen molar-refractivity contribution in [1.82, 2.24) is 14.1 Å². The number of pyridine rings is 1. The van der Waals surface area contributed by atoms with E-state index in [1.54, 1.807) is 52.5 Å². The van der Waals surface area contributed by atoms with Gasteiger partial charge in [0.2, 0.25) is 11.8 Å². The minimum Gasteiger partial charge on any atom is -0.462 e. The van der Waals surface area contributed by atoms with Crippen LogP contribution in [0.3, 0.4) is 0 Å². The third-order valence-corrected chi connectivity index (χ3v) is 5.02. The van der Waals surface area contributed by atoms with Gasteiger partial charge in [0.15, 0.2) is 5.65 Å².